The third-order valence-corrected chi connectivity index (χ3v) is 8.64. The third-order valence-electron chi connectivity index (χ3n) is 8.64. The summed E-state index contributed by atoms with van der Waals surface area (Å²) >= 11 is 0. The van der Waals surface area contributed by atoms with Crippen LogP contribution in [0, 0.1) is 17.0 Å². The van der Waals surface area contributed by atoms with Gasteiger partial charge in [0.15, 0.2) is 11.6 Å². The number of halogens is 2. The van der Waals surface area contributed by atoms with E-state index in [2.05, 4.69) is 29.0 Å². The molecule has 2 atom stereocenters. The Morgan fingerprint density at radius 1 is 1.14 bits per heavy atom. The number of aryl methyl sites for hydroxylation is 1. The second kappa shape index (κ2) is 10.1. The molecule has 1 aliphatic carbocycles. The topological polar surface area (TPSA) is 62.1 Å². The minimum absolute atomic E-state index is 0.00902. The number of phenols is 1. The molecule has 0 radical (unpaired) electrons. The predicted molar refractivity (Wildman–Crippen MR) is 140 cm³/mol. The summed E-state index contributed by atoms with van der Waals surface area (Å²) in [5.74, 6) is -0.369. The van der Waals surface area contributed by atoms with Gasteiger partial charge in [0.05, 0.1) is 11.0 Å². The van der Waals surface area contributed by atoms with E-state index in [-0.39, 0.29) is 5.92 Å². The third kappa shape index (κ3) is 4.75. The van der Waals surface area contributed by atoms with Crippen LogP contribution >= 0.6 is 0 Å². The van der Waals surface area contributed by atoms with Gasteiger partial charge in [0.2, 0.25) is 0 Å². The van der Waals surface area contributed by atoms with Gasteiger partial charge in [-0.15, -0.1) is 0 Å². The van der Waals surface area contributed by atoms with Gasteiger partial charge in [0.1, 0.15) is 11.6 Å². The lowest BCUT2D eigenvalue weighted by atomic mass is 9.68. The summed E-state index contributed by atoms with van der Waals surface area (Å²) in [6, 6.07) is 8.65. The monoisotopic (exact) mass is 496 g/mol. The van der Waals surface area contributed by atoms with Gasteiger partial charge in [-0.1, -0.05) is 13.0 Å². The highest BCUT2D eigenvalue weighted by atomic mass is 19.2. The molecule has 7 heteroatoms. The van der Waals surface area contributed by atoms with Crippen LogP contribution in [0.5, 0.6) is 5.75 Å². The van der Waals surface area contributed by atoms with Crippen molar-refractivity contribution in [1.82, 2.24) is 20.2 Å². The summed E-state index contributed by atoms with van der Waals surface area (Å²) < 4.78 is 29.8. The average Bonchev–Trinajstić information content (AvgIpc) is 3.24. The number of aromatic nitrogens is 2. The molecule has 2 fully saturated rings. The van der Waals surface area contributed by atoms with Crippen molar-refractivity contribution in [3.63, 3.8) is 0 Å². The number of hydrogen-bond donors (Lipinski definition) is 3. The van der Waals surface area contributed by atoms with Gasteiger partial charge in [-0.3, -0.25) is 0 Å². The summed E-state index contributed by atoms with van der Waals surface area (Å²) in [6.45, 7) is 6.48. The Morgan fingerprint density at radius 3 is 2.53 bits per heavy atom. The molecule has 1 aromatic heterocycles. The fourth-order valence-electron chi connectivity index (χ4n) is 6.12. The van der Waals surface area contributed by atoms with Crippen LogP contribution in [0.15, 0.2) is 30.3 Å². The molecule has 5 rings (SSSR count). The summed E-state index contributed by atoms with van der Waals surface area (Å²) in [5, 5.41) is 17.5. The summed E-state index contributed by atoms with van der Waals surface area (Å²) in [7, 11) is 1.95. The van der Waals surface area contributed by atoms with Gasteiger partial charge in [-0.2, -0.15) is 0 Å². The van der Waals surface area contributed by atoms with E-state index in [0.717, 1.165) is 66.8 Å². The number of nitrogens with one attached hydrogen (secondary N) is 2. The van der Waals surface area contributed by atoms with Crippen LogP contribution in [0.1, 0.15) is 74.9 Å². The van der Waals surface area contributed by atoms with Crippen molar-refractivity contribution in [2.24, 2.45) is 5.41 Å². The Bertz CT molecular complexity index is 1230. The normalized spacial score (nSPS) is 19.5. The van der Waals surface area contributed by atoms with Crippen molar-refractivity contribution >= 4 is 11.0 Å². The highest BCUT2D eigenvalue weighted by Crippen LogP contribution is 2.45. The molecule has 3 N–H and O–H groups in total. The zero-order valence-corrected chi connectivity index (χ0v) is 21.6. The van der Waals surface area contributed by atoms with E-state index in [9.17, 15) is 13.9 Å². The first-order chi connectivity index (χ1) is 17.3. The molecule has 1 aliphatic heterocycles. The second-order valence-electron chi connectivity index (χ2n) is 11.2. The number of nitrogens with zero attached hydrogens (tertiary/aromatic N) is 2. The lowest BCUT2D eigenvalue weighted by Crippen LogP contribution is -2.54. The molecule has 2 aliphatic rings. The first-order valence-corrected chi connectivity index (χ1v) is 13.3. The first kappa shape index (κ1) is 25.2. The van der Waals surface area contributed by atoms with E-state index in [1.807, 2.05) is 19.2 Å². The predicted octanol–water partition coefficient (Wildman–Crippen LogP) is 5.61. The zero-order chi connectivity index (χ0) is 25.4. The molecule has 36 heavy (non-hydrogen) atoms. The van der Waals surface area contributed by atoms with Crippen molar-refractivity contribution < 1.29 is 13.9 Å². The van der Waals surface area contributed by atoms with Crippen LogP contribution in [0.4, 0.5) is 8.78 Å². The Hall–Kier alpha value is -2.51. The lowest BCUT2D eigenvalue weighted by molar-refractivity contribution is 0.0842. The first-order valence-electron chi connectivity index (χ1n) is 13.3. The summed E-state index contributed by atoms with van der Waals surface area (Å²) in [6.07, 6.45) is 6.81. The maximum Gasteiger partial charge on any atom is 0.159 e. The smallest absolute Gasteiger partial charge is 0.159 e. The van der Waals surface area contributed by atoms with Crippen molar-refractivity contribution in [3.05, 3.63) is 58.9 Å². The Labute approximate surface area is 212 Å². The van der Waals surface area contributed by atoms with E-state index < -0.39 is 11.6 Å². The summed E-state index contributed by atoms with van der Waals surface area (Å²) in [4.78, 5) is 5.16. The van der Waals surface area contributed by atoms with E-state index >= 15 is 0 Å². The minimum Gasteiger partial charge on any atom is -0.508 e. The highest BCUT2D eigenvalue weighted by Gasteiger charge is 2.41. The van der Waals surface area contributed by atoms with E-state index in [1.165, 1.54) is 25.0 Å². The molecule has 2 heterocycles. The standard InChI is InChI=1S/C29H38F2N4O/c1-18(14-20-5-7-23(30)24(31)15-20)28-34-27-22(6-4-19(2)32-3)26(36)9-8-25(27)35(28)21-10-12-29(13-11-21)16-33-17-29/h5,7-9,15,18-19,21,32-33,36H,4,6,10-14,16-17H2,1-3H3. The average molecular weight is 497 g/mol. The molecule has 1 spiro atoms. The van der Waals surface area contributed by atoms with Crippen molar-refractivity contribution in [2.75, 3.05) is 20.1 Å². The maximum absolute atomic E-state index is 13.9. The molecule has 2 unspecified atom stereocenters. The number of phenolic OH excluding ortho intramolecular Hbond substituents is 1. The number of imidazole rings is 1. The van der Waals surface area contributed by atoms with Crippen LogP contribution in [0.3, 0.4) is 0 Å². The number of rotatable bonds is 8. The fourth-order valence-corrected chi connectivity index (χ4v) is 6.12. The SMILES string of the molecule is CNC(C)CCc1c(O)ccc2c1nc(C(C)Cc1ccc(F)c(F)c1)n2C1CCC2(CC1)CNC2. The summed E-state index contributed by atoms with van der Waals surface area (Å²) in [5.41, 5.74) is 4.05. The van der Waals surface area contributed by atoms with Gasteiger partial charge >= 0.3 is 0 Å². The molecule has 1 saturated heterocycles. The molecule has 1 saturated carbocycles. The van der Waals surface area contributed by atoms with Gasteiger partial charge in [-0.05, 0) is 94.2 Å². The van der Waals surface area contributed by atoms with Crippen molar-refractivity contribution in [2.45, 2.75) is 76.8 Å². The number of hydrogen-bond acceptors (Lipinski definition) is 4. The maximum atomic E-state index is 13.9. The van der Waals surface area contributed by atoms with E-state index in [4.69, 9.17) is 4.98 Å². The molecule has 5 nitrogen and oxygen atoms in total. The fraction of sp³-hybridized carbons (Fsp3) is 0.552. The van der Waals surface area contributed by atoms with Gasteiger partial charge < -0.3 is 20.3 Å². The van der Waals surface area contributed by atoms with E-state index in [0.29, 0.717) is 29.7 Å². The Kier molecular flexibility index (Phi) is 7.05. The van der Waals surface area contributed by atoms with Crippen LogP contribution in [0.25, 0.3) is 11.0 Å². The lowest BCUT2D eigenvalue weighted by Gasteiger charge is -2.48. The number of aromatic hydroxyl groups is 1. The van der Waals surface area contributed by atoms with Crippen LogP contribution in [-0.4, -0.2) is 40.8 Å². The second-order valence-corrected chi connectivity index (χ2v) is 11.2. The molecule has 2 aromatic carbocycles. The highest BCUT2D eigenvalue weighted by molar-refractivity contribution is 5.82. The molecule has 0 amide bonds. The van der Waals surface area contributed by atoms with Gasteiger partial charge in [-0.25, -0.2) is 13.8 Å². The van der Waals surface area contributed by atoms with Crippen molar-refractivity contribution in [1.29, 1.82) is 0 Å². The largest absolute Gasteiger partial charge is 0.508 e. The molecule has 0 bridgehead atoms. The van der Waals surface area contributed by atoms with Gasteiger partial charge in [0.25, 0.3) is 0 Å². The van der Waals surface area contributed by atoms with Crippen LogP contribution in [0.2, 0.25) is 0 Å². The van der Waals surface area contributed by atoms with Gasteiger partial charge in [0, 0.05) is 36.7 Å². The van der Waals surface area contributed by atoms with Crippen molar-refractivity contribution in [3.8, 4) is 5.75 Å². The molecular formula is C29H38F2N4O. The van der Waals surface area contributed by atoms with Crippen LogP contribution < -0.4 is 10.6 Å². The van der Waals surface area contributed by atoms with E-state index in [1.54, 1.807) is 6.07 Å². The Morgan fingerprint density at radius 2 is 1.89 bits per heavy atom. The quantitative estimate of drug-likeness (QED) is 0.379. The minimum atomic E-state index is -0.823. The number of benzene rings is 2. The number of fused-ring (bicyclic) bond motifs is 1. The molecule has 194 valence electrons. The zero-order valence-electron chi connectivity index (χ0n) is 21.6. The van der Waals surface area contributed by atoms with Crippen LogP contribution in [-0.2, 0) is 12.8 Å². The molecular weight excluding hydrogens is 458 g/mol. The Balaban J connectivity index is 1.53. The molecule has 3 aromatic rings.